The van der Waals surface area contributed by atoms with Crippen LogP contribution < -0.4 is 21.3 Å². The fourth-order valence-electron chi connectivity index (χ4n) is 3.94. The number of nitrogens with zero attached hydrogens (tertiary/aromatic N) is 1. The molecule has 39 heavy (non-hydrogen) atoms. The summed E-state index contributed by atoms with van der Waals surface area (Å²) in [6, 6.07) is 12.7. The molecule has 0 bridgehead atoms. The van der Waals surface area contributed by atoms with Gasteiger partial charge in [-0.15, -0.1) is 0 Å². The third-order valence-electron chi connectivity index (χ3n) is 5.69. The van der Waals surface area contributed by atoms with Crippen molar-refractivity contribution in [2.45, 2.75) is 58.3 Å². The van der Waals surface area contributed by atoms with Crippen LogP contribution in [0.4, 0.5) is 0 Å². The van der Waals surface area contributed by atoms with E-state index in [1.165, 1.54) is 13.2 Å². The monoisotopic (exact) mass is 537 g/mol. The SMILES string of the molecule is COC[C@H](NC(=O)C(CC(=O)NC(C)(C)C)NC(=O)c1cc(C)on1)C(=O)NCc1cccc2ccccc12. The highest BCUT2D eigenvalue weighted by Gasteiger charge is 2.30. The summed E-state index contributed by atoms with van der Waals surface area (Å²) < 4.78 is 10.1. The molecule has 0 fully saturated rings. The van der Waals surface area contributed by atoms with E-state index in [1.54, 1.807) is 27.7 Å². The van der Waals surface area contributed by atoms with Crippen LogP contribution in [0.15, 0.2) is 53.1 Å². The molecule has 11 heteroatoms. The molecule has 0 saturated carbocycles. The number of hydrogen-bond acceptors (Lipinski definition) is 7. The molecule has 4 N–H and O–H groups in total. The van der Waals surface area contributed by atoms with Gasteiger partial charge in [0.15, 0.2) is 5.69 Å². The molecule has 11 nitrogen and oxygen atoms in total. The number of aryl methyl sites for hydroxylation is 1. The standard InChI is InChI=1S/C28H35N5O6/c1-17-13-22(33-39-17)27(37)30-21(14-24(34)32-28(2,3)4)26(36)31-23(16-38-5)25(35)29-15-19-11-8-10-18-9-6-7-12-20(18)19/h6-13,21,23H,14-16H2,1-5H3,(H,29,35)(H,30,37)(H,31,36)(H,32,34)/t21?,23-/m0/s1. The Bertz CT molecular complexity index is 1320. The first-order chi connectivity index (χ1) is 18.5. The second-order valence-corrected chi connectivity index (χ2v) is 10.2. The molecule has 0 aliphatic rings. The molecule has 1 heterocycles. The number of methoxy groups -OCH3 is 1. The van der Waals surface area contributed by atoms with Crippen molar-refractivity contribution in [1.82, 2.24) is 26.4 Å². The van der Waals surface area contributed by atoms with E-state index < -0.39 is 41.3 Å². The molecule has 3 rings (SSSR count). The lowest BCUT2D eigenvalue weighted by atomic mass is 10.0. The quantitative estimate of drug-likeness (QED) is 0.292. The maximum absolute atomic E-state index is 13.3. The highest BCUT2D eigenvalue weighted by Crippen LogP contribution is 2.18. The first-order valence-corrected chi connectivity index (χ1v) is 12.6. The van der Waals surface area contributed by atoms with Gasteiger partial charge < -0.3 is 30.5 Å². The summed E-state index contributed by atoms with van der Waals surface area (Å²) in [5.74, 6) is -1.94. The number of aromatic nitrogens is 1. The maximum atomic E-state index is 13.3. The minimum absolute atomic E-state index is 0.0391. The Hall–Kier alpha value is -4.25. The highest BCUT2D eigenvalue weighted by atomic mass is 16.5. The van der Waals surface area contributed by atoms with Gasteiger partial charge in [-0.1, -0.05) is 47.6 Å². The van der Waals surface area contributed by atoms with Crippen molar-refractivity contribution in [3.63, 3.8) is 0 Å². The van der Waals surface area contributed by atoms with Crippen molar-refractivity contribution in [2.75, 3.05) is 13.7 Å². The van der Waals surface area contributed by atoms with E-state index in [4.69, 9.17) is 9.26 Å². The highest BCUT2D eigenvalue weighted by molar-refractivity contribution is 5.99. The number of benzene rings is 2. The number of fused-ring (bicyclic) bond motifs is 1. The zero-order chi connectivity index (χ0) is 28.6. The van der Waals surface area contributed by atoms with Crippen LogP contribution in [0.1, 0.15) is 49.0 Å². The fraction of sp³-hybridized carbons (Fsp3) is 0.393. The Labute approximate surface area is 227 Å². The smallest absolute Gasteiger partial charge is 0.274 e. The summed E-state index contributed by atoms with van der Waals surface area (Å²) in [5, 5.41) is 16.4. The van der Waals surface area contributed by atoms with Gasteiger partial charge in [-0.05, 0) is 44.0 Å². The van der Waals surface area contributed by atoms with Gasteiger partial charge in [-0.3, -0.25) is 19.2 Å². The van der Waals surface area contributed by atoms with E-state index >= 15 is 0 Å². The van der Waals surface area contributed by atoms with E-state index in [9.17, 15) is 19.2 Å². The van der Waals surface area contributed by atoms with Gasteiger partial charge in [0.25, 0.3) is 5.91 Å². The molecule has 0 radical (unpaired) electrons. The summed E-state index contributed by atoms with van der Waals surface area (Å²) in [6.07, 6.45) is -0.358. The summed E-state index contributed by atoms with van der Waals surface area (Å²) in [6.45, 7) is 7.13. The summed E-state index contributed by atoms with van der Waals surface area (Å²) >= 11 is 0. The number of ether oxygens (including phenoxy) is 1. The van der Waals surface area contributed by atoms with Crippen LogP contribution in [-0.2, 0) is 25.7 Å². The lowest BCUT2D eigenvalue weighted by Gasteiger charge is -2.25. The Balaban J connectivity index is 1.72. The molecule has 3 aromatic rings. The van der Waals surface area contributed by atoms with Gasteiger partial charge >= 0.3 is 0 Å². The number of rotatable bonds is 11. The molecule has 208 valence electrons. The topological polar surface area (TPSA) is 152 Å². The van der Waals surface area contributed by atoms with E-state index in [2.05, 4.69) is 26.4 Å². The molecule has 0 spiro atoms. The molecule has 1 aromatic heterocycles. The van der Waals surface area contributed by atoms with Gasteiger partial charge in [-0.25, -0.2) is 0 Å². The maximum Gasteiger partial charge on any atom is 0.274 e. The summed E-state index contributed by atoms with van der Waals surface area (Å²) in [5.41, 5.74) is 0.324. The molecule has 4 amide bonds. The van der Waals surface area contributed by atoms with E-state index in [0.717, 1.165) is 16.3 Å². The lowest BCUT2D eigenvalue weighted by molar-refractivity contribution is -0.132. The zero-order valence-electron chi connectivity index (χ0n) is 22.8. The lowest BCUT2D eigenvalue weighted by Crippen LogP contribution is -2.56. The van der Waals surface area contributed by atoms with Gasteiger partial charge in [0.05, 0.1) is 13.0 Å². The predicted molar refractivity (Wildman–Crippen MR) is 145 cm³/mol. The van der Waals surface area contributed by atoms with E-state index in [0.29, 0.717) is 5.76 Å². The molecule has 0 saturated heterocycles. The Kier molecular flexibility index (Phi) is 9.78. The number of nitrogens with one attached hydrogen (secondary N) is 4. The molecular formula is C28H35N5O6. The molecule has 0 aliphatic heterocycles. The van der Waals surface area contributed by atoms with Crippen LogP contribution in [0, 0.1) is 6.92 Å². The van der Waals surface area contributed by atoms with Crippen molar-refractivity contribution < 1.29 is 28.4 Å². The largest absolute Gasteiger partial charge is 0.382 e. The van der Waals surface area contributed by atoms with Gasteiger partial charge in [-0.2, -0.15) is 0 Å². The predicted octanol–water partition coefficient (Wildman–Crippen LogP) is 1.99. The number of carbonyl (C=O) groups is 4. The number of amides is 4. The zero-order valence-corrected chi connectivity index (χ0v) is 22.8. The van der Waals surface area contributed by atoms with Crippen LogP contribution in [-0.4, -0.2) is 60.1 Å². The van der Waals surface area contributed by atoms with Gasteiger partial charge in [0.2, 0.25) is 17.7 Å². The van der Waals surface area contributed by atoms with Crippen LogP contribution in [0.25, 0.3) is 10.8 Å². The molecular weight excluding hydrogens is 502 g/mol. The third kappa shape index (κ3) is 8.64. The molecule has 2 aromatic carbocycles. The average molecular weight is 538 g/mol. The van der Waals surface area contributed by atoms with Crippen molar-refractivity contribution in [2.24, 2.45) is 0 Å². The first-order valence-electron chi connectivity index (χ1n) is 12.6. The second-order valence-electron chi connectivity index (χ2n) is 10.2. The van der Waals surface area contributed by atoms with Crippen LogP contribution in [0.2, 0.25) is 0 Å². The minimum Gasteiger partial charge on any atom is -0.382 e. The normalized spacial score (nSPS) is 12.8. The number of carbonyl (C=O) groups excluding carboxylic acids is 4. The van der Waals surface area contributed by atoms with E-state index in [1.807, 2.05) is 42.5 Å². The van der Waals surface area contributed by atoms with Crippen LogP contribution >= 0.6 is 0 Å². The van der Waals surface area contributed by atoms with Gasteiger partial charge in [0.1, 0.15) is 17.8 Å². The minimum atomic E-state index is -1.29. The van der Waals surface area contributed by atoms with Crippen LogP contribution in [0.3, 0.4) is 0 Å². The third-order valence-corrected chi connectivity index (χ3v) is 5.69. The van der Waals surface area contributed by atoms with Gasteiger partial charge in [0, 0.05) is 25.3 Å². The molecule has 2 atom stereocenters. The Morgan fingerprint density at radius 3 is 2.36 bits per heavy atom. The molecule has 1 unspecified atom stereocenters. The first kappa shape index (κ1) is 29.3. The van der Waals surface area contributed by atoms with Crippen molar-refractivity contribution in [3.8, 4) is 0 Å². The van der Waals surface area contributed by atoms with Crippen molar-refractivity contribution in [3.05, 3.63) is 65.5 Å². The summed E-state index contributed by atoms with van der Waals surface area (Å²) in [4.78, 5) is 51.7. The Morgan fingerprint density at radius 2 is 1.69 bits per heavy atom. The van der Waals surface area contributed by atoms with E-state index in [-0.39, 0.29) is 25.3 Å². The summed E-state index contributed by atoms with van der Waals surface area (Å²) in [7, 11) is 1.40. The second kappa shape index (κ2) is 13.0. The van der Waals surface area contributed by atoms with Crippen molar-refractivity contribution in [1.29, 1.82) is 0 Å². The average Bonchev–Trinajstić information content (AvgIpc) is 3.31. The number of hydrogen-bond donors (Lipinski definition) is 4. The fourth-order valence-corrected chi connectivity index (χ4v) is 3.94. The molecule has 0 aliphatic carbocycles. The van der Waals surface area contributed by atoms with Crippen molar-refractivity contribution >= 4 is 34.4 Å². The van der Waals surface area contributed by atoms with Crippen LogP contribution in [0.5, 0.6) is 0 Å². The Morgan fingerprint density at radius 1 is 0.974 bits per heavy atom.